The lowest BCUT2D eigenvalue weighted by Crippen LogP contribution is -2.39. The highest BCUT2D eigenvalue weighted by molar-refractivity contribution is 7.92. The zero-order chi connectivity index (χ0) is 25.6. The van der Waals surface area contributed by atoms with Crippen LogP contribution in [0.3, 0.4) is 0 Å². The number of aryl methyl sites for hydroxylation is 2. The monoisotopic (exact) mass is 493 g/mol. The Bertz CT molecular complexity index is 1310. The predicted octanol–water partition coefficient (Wildman–Crippen LogP) is 4.67. The van der Waals surface area contributed by atoms with Crippen molar-refractivity contribution in [1.29, 1.82) is 0 Å². The standard InChI is InChI=1S/C27H31N3O4S/c1-5-21(4)28-27(32)23-13-9-10-14-24(23)29-26(31)18-30(25-17-19(2)15-16-20(25)3)35(33,34)22-11-7-6-8-12-22/h6-17,21H,5,18H2,1-4H3,(H,28,32)(H,29,31)/t21-/m1/s1. The molecule has 0 aliphatic rings. The first-order valence-corrected chi connectivity index (χ1v) is 12.9. The Morgan fingerprint density at radius 3 is 2.29 bits per heavy atom. The van der Waals surface area contributed by atoms with Crippen LogP contribution in [0.2, 0.25) is 0 Å². The van der Waals surface area contributed by atoms with Gasteiger partial charge in [0.1, 0.15) is 6.54 Å². The lowest BCUT2D eigenvalue weighted by molar-refractivity contribution is -0.114. The third-order valence-electron chi connectivity index (χ3n) is 5.69. The predicted molar refractivity (Wildman–Crippen MR) is 139 cm³/mol. The van der Waals surface area contributed by atoms with Crippen LogP contribution in [-0.2, 0) is 14.8 Å². The van der Waals surface area contributed by atoms with Crippen molar-refractivity contribution in [3.8, 4) is 0 Å². The van der Waals surface area contributed by atoms with Gasteiger partial charge in [-0.25, -0.2) is 8.42 Å². The molecule has 0 radical (unpaired) electrons. The zero-order valence-corrected chi connectivity index (χ0v) is 21.2. The number of carbonyl (C=O) groups is 2. The van der Waals surface area contributed by atoms with Crippen LogP contribution in [0, 0.1) is 13.8 Å². The topological polar surface area (TPSA) is 95.6 Å². The number of sulfonamides is 1. The number of nitrogens with one attached hydrogen (secondary N) is 2. The molecule has 3 aromatic rings. The van der Waals surface area contributed by atoms with Crippen LogP contribution in [0.25, 0.3) is 0 Å². The summed E-state index contributed by atoms with van der Waals surface area (Å²) in [5, 5.41) is 5.62. The molecule has 2 N–H and O–H groups in total. The molecule has 0 fully saturated rings. The maximum absolute atomic E-state index is 13.6. The molecule has 2 amide bonds. The van der Waals surface area contributed by atoms with Crippen LogP contribution < -0.4 is 14.9 Å². The number of rotatable bonds is 9. The van der Waals surface area contributed by atoms with E-state index in [2.05, 4.69) is 10.6 Å². The van der Waals surface area contributed by atoms with Gasteiger partial charge >= 0.3 is 0 Å². The summed E-state index contributed by atoms with van der Waals surface area (Å²) < 4.78 is 28.3. The van der Waals surface area contributed by atoms with Gasteiger partial charge in [0.15, 0.2) is 0 Å². The van der Waals surface area contributed by atoms with E-state index in [1.165, 1.54) is 12.1 Å². The molecule has 184 valence electrons. The first-order valence-electron chi connectivity index (χ1n) is 11.5. The highest BCUT2D eigenvalue weighted by Gasteiger charge is 2.28. The third kappa shape index (κ3) is 6.27. The van der Waals surface area contributed by atoms with Crippen molar-refractivity contribution in [2.24, 2.45) is 0 Å². The Labute approximate surface area is 207 Å². The van der Waals surface area contributed by atoms with Crippen molar-refractivity contribution in [3.05, 3.63) is 89.5 Å². The Morgan fingerprint density at radius 1 is 0.943 bits per heavy atom. The van der Waals surface area contributed by atoms with Gasteiger partial charge < -0.3 is 10.6 Å². The highest BCUT2D eigenvalue weighted by Crippen LogP contribution is 2.28. The first kappa shape index (κ1) is 26.0. The molecule has 0 heterocycles. The Balaban J connectivity index is 1.95. The van der Waals surface area contributed by atoms with Crippen LogP contribution in [-0.4, -0.2) is 32.8 Å². The minimum atomic E-state index is -4.03. The molecular weight excluding hydrogens is 462 g/mol. The molecule has 8 heteroatoms. The lowest BCUT2D eigenvalue weighted by Gasteiger charge is -2.26. The summed E-state index contributed by atoms with van der Waals surface area (Å²) in [5.74, 6) is -0.868. The van der Waals surface area contributed by atoms with E-state index in [0.29, 0.717) is 16.9 Å². The fourth-order valence-electron chi connectivity index (χ4n) is 3.52. The molecule has 0 saturated heterocycles. The van der Waals surface area contributed by atoms with Crippen LogP contribution >= 0.6 is 0 Å². The fourth-order valence-corrected chi connectivity index (χ4v) is 5.02. The summed E-state index contributed by atoms with van der Waals surface area (Å²) in [6, 6.07) is 20.1. The van der Waals surface area contributed by atoms with Crippen molar-refractivity contribution >= 4 is 33.2 Å². The van der Waals surface area contributed by atoms with E-state index in [4.69, 9.17) is 0 Å². The summed E-state index contributed by atoms with van der Waals surface area (Å²) in [5.41, 5.74) is 2.64. The molecule has 0 unspecified atom stereocenters. The van der Waals surface area contributed by atoms with Gasteiger partial charge in [-0.1, -0.05) is 49.4 Å². The van der Waals surface area contributed by atoms with E-state index < -0.39 is 22.5 Å². The second kappa shape index (κ2) is 11.2. The summed E-state index contributed by atoms with van der Waals surface area (Å²) in [6.45, 7) is 7.07. The van der Waals surface area contributed by atoms with Gasteiger partial charge in [0.25, 0.3) is 15.9 Å². The van der Waals surface area contributed by atoms with E-state index >= 15 is 0 Å². The minimum Gasteiger partial charge on any atom is -0.350 e. The molecule has 35 heavy (non-hydrogen) atoms. The normalized spacial score (nSPS) is 12.0. The van der Waals surface area contributed by atoms with Gasteiger partial charge in [-0.2, -0.15) is 0 Å². The molecule has 0 saturated carbocycles. The van der Waals surface area contributed by atoms with E-state index in [-0.39, 0.29) is 16.8 Å². The van der Waals surface area contributed by atoms with Gasteiger partial charge in [-0.3, -0.25) is 13.9 Å². The number of amides is 2. The number of hydrogen-bond donors (Lipinski definition) is 2. The number of carbonyl (C=O) groups excluding carboxylic acids is 2. The van der Waals surface area contributed by atoms with Crippen LogP contribution in [0.15, 0.2) is 77.7 Å². The molecule has 3 aromatic carbocycles. The number of anilines is 2. The van der Waals surface area contributed by atoms with E-state index in [0.717, 1.165) is 21.9 Å². The van der Waals surface area contributed by atoms with Crippen molar-refractivity contribution in [1.82, 2.24) is 5.32 Å². The van der Waals surface area contributed by atoms with Gasteiger partial charge in [0.05, 0.1) is 21.8 Å². The number of benzene rings is 3. The number of nitrogens with zero attached hydrogens (tertiary/aromatic N) is 1. The Hall–Kier alpha value is -3.65. The highest BCUT2D eigenvalue weighted by atomic mass is 32.2. The van der Waals surface area contributed by atoms with Crippen molar-refractivity contribution in [2.75, 3.05) is 16.2 Å². The smallest absolute Gasteiger partial charge is 0.264 e. The van der Waals surface area contributed by atoms with Gasteiger partial charge in [-0.05, 0) is 68.7 Å². The van der Waals surface area contributed by atoms with Crippen LogP contribution in [0.5, 0.6) is 0 Å². The first-order chi connectivity index (χ1) is 16.6. The second-order valence-electron chi connectivity index (χ2n) is 8.49. The molecule has 0 aromatic heterocycles. The maximum atomic E-state index is 13.6. The third-order valence-corrected chi connectivity index (χ3v) is 7.46. The maximum Gasteiger partial charge on any atom is 0.264 e. The molecule has 7 nitrogen and oxygen atoms in total. The molecule has 0 bridgehead atoms. The lowest BCUT2D eigenvalue weighted by atomic mass is 10.1. The molecule has 1 atom stereocenters. The second-order valence-corrected chi connectivity index (χ2v) is 10.4. The SMILES string of the molecule is CC[C@@H](C)NC(=O)c1ccccc1NC(=O)CN(c1cc(C)ccc1C)S(=O)(=O)c1ccccc1. The summed E-state index contributed by atoms with van der Waals surface area (Å²) >= 11 is 0. The van der Waals surface area contributed by atoms with Crippen molar-refractivity contribution in [3.63, 3.8) is 0 Å². The summed E-state index contributed by atoms with van der Waals surface area (Å²) in [4.78, 5) is 26.0. The van der Waals surface area contributed by atoms with Crippen LogP contribution in [0.1, 0.15) is 41.8 Å². The van der Waals surface area contributed by atoms with Crippen LogP contribution in [0.4, 0.5) is 11.4 Å². The van der Waals surface area contributed by atoms with Crippen molar-refractivity contribution < 1.29 is 18.0 Å². The zero-order valence-electron chi connectivity index (χ0n) is 20.4. The average Bonchev–Trinajstić information content (AvgIpc) is 2.84. The molecular formula is C27H31N3O4S. The van der Waals surface area contributed by atoms with Crippen molar-refractivity contribution in [2.45, 2.75) is 45.1 Å². The molecule has 0 aliphatic heterocycles. The van der Waals surface area contributed by atoms with Gasteiger partial charge in [0, 0.05) is 6.04 Å². The molecule has 3 rings (SSSR count). The van der Waals surface area contributed by atoms with Gasteiger partial charge in [-0.15, -0.1) is 0 Å². The Morgan fingerprint density at radius 2 is 1.60 bits per heavy atom. The minimum absolute atomic E-state index is 0.0259. The summed E-state index contributed by atoms with van der Waals surface area (Å²) in [7, 11) is -4.03. The number of hydrogen-bond acceptors (Lipinski definition) is 4. The van der Waals surface area contributed by atoms with E-state index in [1.54, 1.807) is 55.5 Å². The quantitative estimate of drug-likeness (QED) is 0.453. The molecule has 0 aliphatic carbocycles. The molecule has 0 spiro atoms. The van der Waals surface area contributed by atoms with E-state index in [9.17, 15) is 18.0 Å². The largest absolute Gasteiger partial charge is 0.350 e. The van der Waals surface area contributed by atoms with Gasteiger partial charge in [0.2, 0.25) is 5.91 Å². The number of para-hydroxylation sites is 1. The fraction of sp³-hybridized carbons (Fsp3) is 0.259. The van der Waals surface area contributed by atoms with E-state index in [1.807, 2.05) is 32.9 Å². The summed E-state index contributed by atoms with van der Waals surface area (Å²) in [6.07, 6.45) is 0.766. The average molecular weight is 494 g/mol. The Kier molecular flexibility index (Phi) is 8.30.